The third kappa shape index (κ3) is 1070. The Labute approximate surface area is 119 Å². The van der Waals surface area contributed by atoms with Crippen molar-refractivity contribution in [2.24, 2.45) is 0 Å². The minimum absolute atomic E-state index is 0. The van der Waals surface area contributed by atoms with Crippen LogP contribution >= 0.6 is 15.6 Å². The molecule has 93 valence electrons. The van der Waals surface area contributed by atoms with Gasteiger partial charge in [-0.15, -0.1) is 0 Å². The molecule has 0 bridgehead atoms. The van der Waals surface area contributed by atoms with Crippen molar-refractivity contribution in [2.75, 3.05) is 0 Å². The molecule has 15 heavy (non-hydrogen) atoms. The Morgan fingerprint density at radius 2 is 0.600 bits per heavy atom. The summed E-state index contributed by atoms with van der Waals surface area (Å²) in [6.07, 6.45) is 0. The van der Waals surface area contributed by atoms with Crippen LogP contribution in [0.5, 0.6) is 0 Å². The van der Waals surface area contributed by atoms with Crippen LogP contribution in [0.3, 0.4) is 0 Å². The molecule has 0 fully saturated rings. The maximum absolute atomic E-state index is 8.88. The second kappa shape index (κ2) is 18.0. The summed E-state index contributed by atoms with van der Waals surface area (Å²) in [7, 11) is -9.28. The predicted molar refractivity (Wildman–Crippen MR) is 47.8 cm³/mol. The van der Waals surface area contributed by atoms with E-state index in [4.69, 9.17) is 38.5 Å². The molecule has 0 aliphatic rings. The summed E-state index contributed by atoms with van der Waals surface area (Å²) in [5.74, 6) is 0. The summed E-state index contributed by atoms with van der Waals surface area (Å²) in [6, 6.07) is 0. The maximum atomic E-state index is 8.88. The largest absolute Gasteiger partial charge is 3.00 e. The molecule has 0 aromatic rings. The predicted octanol–water partition coefficient (Wildman–Crippen LogP) is -0.511. The Hall–Kier alpha value is 1.65. The van der Waals surface area contributed by atoms with Crippen LogP contribution in [0.15, 0.2) is 0 Å². The number of hydrogen-bond donors (Lipinski definition) is 6. The molecule has 0 saturated heterocycles. The molecule has 12 heteroatoms. The molecule has 0 amide bonds. The van der Waals surface area contributed by atoms with Gasteiger partial charge in [0.25, 0.3) is 0 Å². The smallest absolute Gasteiger partial charge is 0.358 e. The van der Waals surface area contributed by atoms with E-state index in [1.54, 1.807) is 0 Å². The molecule has 0 saturated carbocycles. The van der Waals surface area contributed by atoms with E-state index in [0.717, 1.165) is 0 Å². The van der Waals surface area contributed by atoms with E-state index in [1.165, 1.54) is 0 Å². The van der Waals surface area contributed by atoms with Gasteiger partial charge in [0, 0.05) is 21.7 Å². The van der Waals surface area contributed by atoms with E-state index < -0.39 is 15.6 Å². The van der Waals surface area contributed by atoms with Crippen LogP contribution in [-0.2, 0) is 52.6 Å². The maximum Gasteiger partial charge on any atom is 3.00 e. The van der Waals surface area contributed by atoms with Gasteiger partial charge in [-0.3, -0.25) is 0 Å². The van der Waals surface area contributed by atoms with E-state index in [-0.39, 0.29) is 65.7 Å². The molecule has 6 N–H and O–H groups in total. The molecule has 1 radical (unpaired) electrons. The average molecular weight is 337 g/mol. The molecule has 0 aromatic carbocycles. The monoisotopic (exact) mass is 337 g/mol. The van der Waals surface area contributed by atoms with Crippen LogP contribution in [0.4, 0.5) is 0 Å². The van der Waals surface area contributed by atoms with Gasteiger partial charge in [-0.2, -0.15) is 0 Å². The molecule has 0 aromatic heterocycles. The third-order valence-electron chi connectivity index (χ3n) is 0. The summed E-state index contributed by atoms with van der Waals surface area (Å²) in [5.41, 5.74) is 0. The van der Waals surface area contributed by atoms with Crippen LogP contribution < -0.4 is 0 Å². The first kappa shape index (κ1) is 43.8. The minimum atomic E-state index is -4.64. The zero-order chi connectivity index (χ0) is 9.00. The first-order valence-electron chi connectivity index (χ1n) is 1.57. The second-order valence-corrected chi connectivity index (χ2v) is 3.08. The summed E-state index contributed by atoms with van der Waals surface area (Å²) < 4.78 is 17.8. The molecule has 0 heterocycles. The molecule has 0 rings (SSSR count). The Morgan fingerprint density at radius 3 is 0.600 bits per heavy atom. The minimum Gasteiger partial charge on any atom is -0.358 e. The van der Waals surface area contributed by atoms with Crippen molar-refractivity contribution in [2.45, 2.75) is 0 Å². The fraction of sp³-hybridized carbons (Fsp3) is 0. The van der Waals surface area contributed by atoms with Crippen molar-refractivity contribution < 1.29 is 81.9 Å². The molecular formula is C3H15O8P2Ti2. The SMILES string of the molecule is O=P(O)(O)O.O=P(O)(O)O.[CH3-].[CH3-].[CH3-].[Ti+3].[Ti]. The molecule has 0 aliphatic heterocycles. The Morgan fingerprint density at radius 1 is 0.600 bits per heavy atom. The van der Waals surface area contributed by atoms with Gasteiger partial charge in [-0.05, 0) is 0 Å². The van der Waals surface area contributed by atoms with Gasteiger partial charge in [-0.25, -0.2) is 9.13 Å². The van der Waals surface area contributed by atoms with Gasteiger partial charge in [0.15, 0.2) is 0 Å². The van der Waals surface area contributed by atoms with E-state index in [9.17, 15) is 0 Å². The molecule has 0 spiro atoms. The summed E-state index contributed by atoms with van der Waals surface area (Å²) in [6.45, 7) is 0. The number of rotatable bonds is 0. The standard InChI is InChI=1S/3CH3.2H3O4P.2Ti/c;;;2*1-5(2,3)4;;/h3*1H3;2*(H3,1,2,3,4);;/q3*-1;;;;+3. The molecule has 0 aliphatic carbocycles. The molecule has 0 atom stereocenters. The van der Waals surface area contributed by atoms with Crippen molar-refractivity contribution in [3.8, 4) is 0 Å². The summed E-state index contributed by atoms with van der Waals surface area (Å²) in [4.78, 5) is 43.1. The van der Waals surface area contributed by atoms with Crippen molar-refractivity contribution in [3.05, 3.63) is 22.3 Å². The van der Waals surface area contributed by atoms with E-state index >= 15 is 0 Å². The second-order valence-electron chi connectivity index (χ2n) is 1.03. The van der Waals surface area contributed by atoms with Crippen LogP contribution in [0.25, 0.3) is 0 Å². The topological polar surface area (TPSA) is 156 Å². The zero-order valence-electron chi connectivity index (χ0n) is 8.39. The quantitative estimate of drug-likeness (QED) is 0.196. The summed E-state index contributed by atoms with van der Waals surface area (Å²) >= 11 is 0. The fourth-order valence-electron chi connectivity index (χ4n) is 0. The van der Waals surface area contributed by atoms with Gasteiger partial charge in [-0.1, -0.05) is 0 Å². The van der Waals surface area contributed by atoms with Crippen molar-refractivity contribution in [1.82, 2.24) is 0 Å². The zero-order valence-corrected chi connectivity index (χ0v) is 13.3. The van der Waals surface area contributed by atoms with Gasteiger partial charge >= 0.3 is 37.4 Å². The van der Waals surface area contributed by atoms with Crippen LogP contribution in [0.1, 0.15) is 0 Å². The van der Waals surface area contributed by atoms with E-state index in [1.807, 2.05) is 0 Å². The van der Waals surface area contributed by atoms with Gasteiger partial charge in [0.2, 0.25) is 0 Å². The van der Waals surface area contributed by atoms with Crippen LogP contribution in [0.2, 0.25) is 0 Å². The van der Waals surface area contributed by atoms with E-state index in [2.05, 4.69) is 0 Å². The van der Waals surface area contributed by atoms with Crippen LogP contribution in [-0.4, -0.2) is 29.4 Å². The first-order valence-corrected chi connectivity index (χ1v) is 4.70. The number of hydrogen-bond acceptors (Lipinski definition) is 2. The summed E-state index contributed by atoms with van der Waals surface area (Å²) in [5, 5.41) is 0. The van der Waals surface area contributed by atoms with Gasteiger partial charge in [0.1, 0.15) is 0 Å². The average Bonchev–Trinajstić information content (AvgIpc) is 1.12. The van der Waals surface area contributed by atoms with Gasteiger partial charge in [0.05, 0.1) is 0 Å². The third-order valence-corrected chi connectivity index (χ3v) is 0. The number of phosphoric acid groups is 2. The van der Waals surface area contributed by atoms with Crippen LogP contribution in [0, 0.1) is 22.3 Å². The molecular weight excluding hydrogens is 322 g/mol. The van der Waals surface area contributed by atoms with Gasteiger partial charge < -0.3 is 51.6 Å². The Balaban J connectivity index is -0.0000000128. The first-order chi connectivity index (χ1) is 4.00. The van der Waals surface area contributed by atoms with Crippen molar-refractivity contribution in [1.29, 1.82) is 0 Å². The Kier molecular flexibility index (Phi) is 52.6. The van der Waals surface area contributed by atoms with Crippen molar-refractivity contribution in [3.63, 3.8) is 0 Å². The fourth-order valence-corrected chi connectivity index (χ4v) is 0. The van der Waals surface area contributed by atoms with E-state index in [0.29, 0.717) is 0 Å². The Bertz CT molecular complexity index is 138. The van der Waals surface area contributed by atoms with Crippen molar-refractivity contribution >= 4 is 15.6 Å². The normalized spacial score (nSPS) is 7.87. The molecule has 8 nitrogen and oxygen atoms in total. The molecule has 0 unspecified atom stereocenters.